The third-order valence-electron chi connectivity index (χ3n) is 8.52. The monoisotopic (exact) mass is 587 g/mol. The quantitative estimate of drug-likeness (QED) is 0.352. The zero-order valence-electron chi connectivity index (χ0n) is 24.0. The number of hydrogen-bond donors (Lipinski definition) is 1. The van der Waals surface area contributed by atoms with E-state index in [4.69, 9.17) is 16.3 Å². The van der Waals surface area contributed by atoms with E-state index < -0.39 is 0 Å². The first-order valence-corrected chi connectivity index (χ1v) is 15.1. The van der Waals surface area contributed by atoms with Gasteiger partial charge in [0, 0.05) is 53.8 Å². The Kier molecular flexibility index (Phi) is 9.80. The van der Waals surface area contributed by atoms with Crippen LogP contribution in [0.15, 0.2) is 78.9 Å². The lowest BCUT2D eigenvalue weighted by Crippen LogP contribution is -2.48. The molecule has 0 radical (unpaired) electrons. The number of amides is 3. The molecular formula is C34H38ClN3O4. The van der Waals surface area contributed by atoms with Crippen LogP contribution in [0.5, 0.6) is 5.75 Å². The van der Waals surface area contributed by atoms with E-state index in [1.165, 1.54) is 0 Å². The molecule has 0 unspecified atom stereocenters. The smallest absolute Gasteiger partial charge is 0.254 e. The highest BCUT2D eigenvalue weighted by molar-refractivity contribution is 6.30. The lowest BCUT2D eigenvalue weighted by molar-refractivity contribution is -0.127. The van der Waals surface area contributed by atoms with Crippen LogP contribution < -0.4 is 10.1 Å². The van der Waals surface area contributed by atoms with Gasteiger partial charge in [-0.2, -0.15) is 0 Å². The molecule has 0 atom stereocenters. The predicted octanol–water partition coefficient (Wildman–Crippen LogP) is 5.97. The summed E-state index contributed by atoms with van der Waals surface area (Å²) in [4.78, 5) is 43.5. The highest BCUT2D eigenvalue weighted by Crippen LogP contribution is 2.28. The van der Waals surface area contributed by atoms with Crippen molar-refractivity contribution in [3.63, 3.8) is 0 Å². The van der Waals surface area contributed by atoms with Crippen molar-refractivity contribution in [2.24, 2.45) is 5.92 Å². The Morgan fingerprint density at radius 3 is 2.07 bits per heavy atom. The lowest BCUT2D eigenvalue weighted by atomic mass is 9.88. The van der Waals surface area contributed by atoms with Crippen LogP contribution >= 0.6 is 11.6 Å². The number of carbonyl (C=O) groups is 3. The van der Waals surface area contributed by atoms with E-state index in [1.54, 1.807) is 31.4 Å². The fraction of sp³-hybridized carbons (Fsp3) is 0.382. The summed E-state index contributed by atoms with van der Waals surface area (Å²) >= 11 is 5.95. The Morgan fingerprint density at radius 1 is 0.833 bits per heavy atom. The first kappa shape index (κ1) is 29.6. The number of ether oxygens (including phenoxy) is 1. The van der Waals surface area contributed by atoms with Gasteiger partial charge in [-0.05, 0) is 92.6 Å². The summed E-state index contributed by atoms with van der Waals surface area (Å²) in [5, 5.41) is 3.88. The van der Waals surface area contributed by atoms with Crippen molar-refractivity contribution in [2.45, 2.75) is 57.2 Å². The number of likely N-dealkylation sites (tertiary alicyclic amines) is 1. The molecule has 3 amide bonds. The minimum Gasteiger partial charge on any atom is -0.497 e. The van der Waals surface area contributed by atoms with Crippen LogP contribution in [-0.4, -0.2) is 59.8 Å². The molecule has 1 aliphatic heterocycles. The molecular weight excluding hydrogens is 550 g/mol. The number of carbonyl (C=O) groups excluding carboxylic acids is 3. The van der Waals surface area contributed by atoms with E-state index in [1.807, 2.05) is 52.3 Å². The summed E-state index contributed by atoms with van der Waals surface area (Å²) in [5.41, 5.74) is 2.35. The predicted molar refractivity (Wildman–Crippen MR) is 164 cm³/mol. The van der Waals surface area contributed by atoms with Gasteiger partial charge in [0.25, 0.3) is 11.8 Å². The Bertz CT molecular complexity index is 1350. The zero-order chi connectivity index (χ0) is 29.5. The molecule has 2 fully saturated rings. The van der Waals surface area contributed by atoms with Crippen LogP contribution in [0.4, 0.5) is 0 Å². The van der Waals surface area contributed by atoms with E-state index in [9.17, 15) is 14.4 Å². The normalized spacial score (nSPS) is 19.1. The van der Waals surface area contributed by atoms with Gasteiger partial charge in [0.05, 0.1) is 7.11 Å². The minimum atomic E-state index is -0.0942. The van der Waals surface area contributed by atoms with Gasteiger partial charge in [-0.3, -0.25) is 14.4 Å². The summed E-state index contributed by atoms with van der Waals surface area (Å²) in [5.74, 6) is 0.689. The second-order valence-corrected chi connectivity index (χ2v) is 11.7. The van der Waals surface area contributed by atoms with Crippen molar-refractivity contribution in [2.75, 3.05) is 20.2 Å². The fourth-order valence-electron chi connectivity index (χ4n) is 6.02. The fourth-order valence-corrected chi connectivity index (χ4v) is 6.14. The number of methoxy groups -OCH3 is 1. The topological polar surface area (TPSA) is 79.0 Å². The van der Waals surface area contributed by atoms with Crippen LogP contribution in [0.25, 0.3) is 0 Å². The largest absolute Gasteiger partial charge is 0.497 e. The average Bonchev–Trinajstić information content (AvgIpc) is 3.04. The van der Waals surface area contributed by atoms with Gasteiger partial charge >= 0.3 is 0 Å². The maximum absolute atomic E-state index is 13.7. The second-order valence-electron chi connectivity index (χ2n) is 11.2. The van der Waals surface area contributed by atoms with Gasteiger partial charge in [-0.15, -0.1) is 0 Å². The molecule has 0 bridgehead atoms. The number of halogens is 1. The highest BCUT2D eigenvalue weighted by atomic mass is 35.5. The number of benzene rings is 3. The maximum Gasteiger partial charge on any atom is 0.254 e. The van der Waals surface area contributed by atoms with Crippen LogP contribution in [-0.2, 0) is 11.3 Å². The van der Waals surface area contributed by atoms with Crippen molar-refractivity contribution >= 4 is 29.3 Å². The van der Waals surface area contributed by atoms with Crippen molar-refractivity contribution in [1.29, 1.82) is 0 Å². The van der Waals surface area contributed by atoms with Gasteiger partial charge in [0.15, 0.2) is 0 Å². The highest BCUT2D eigenvalue weighted by Gasteiger charge is 2.33. The molecule has 7 nitrogen and oxygen atoms in total. The van der Waals surface area contributed by atoms with Crippen LogP contribution in [0.2, 0.25) is 5.02 Å². The lowest BCUT2D eigenvalue weighted by Gasteiger charge is -2.38. The number of piperidine rings is 1. The zero-order valence-corrected chi connectivity index (χ0v) is 24.8. The molecule has 0 aromatic heterocycles. The molecule has 1 saturated carbocycles. The molecule has 5 rings (SSSR count). The Morgan fingerprint density at radius 2 is 1.45 bits per heavy atom. The van der Waals surface area contributed by atoms with Crippen molar-refractivity contribution in [3.05, 3.63) is 101 Å². The van der Waals surface area contributed by atoms with Crippen molar-refractivity contribution < 1.29 is 19.1 Å². The molecule has 0 spiro atoms. The summed E-state index contributed by atoms with van der Waals surface area (Å²) in [6, 6.07) is 24.5. The van der Waals surface area contributed by atoms with Gasteiger partial charge in [-0.25, -0.2) is 0 Å². The van der Waals surface area contributed by atoms with Crippen LogP contribution in [0, 0.1) is 5.92 Å². The molecule has 2 aliphatic rings. The number of nitrogens with one attached hydrogen (secondary N) is 1. The first-order valence-electron chi connectivity index (χ1n) is 14.8. The molecule has 42 heavy (non-hydrogen) atoms. The van der Waals surface area contributed by atoms with Gasteiger partial charge in [0.2, 0.25) is 5.91 Å². The SMILES string of the molecule is COc1ccc(C(=O)N(Cc2ccccc2)C2CCC(NC(=O)C3CCN(C(=O)c4ccc(Cl)cc4)CC3)CC2)cc1. The molecule has 1 heterocycles. The summed E-state index contributed by atoms with van der Waals surface area (Å²) in [7, 11) is 1.61. The molecule has 1 N–H and O–H groups in total. The van der Waals surface area contributed by atoms with Crippen LogP contribution in [0.3, 0.4) is 0 Å². The van der Waals surface area contributed by atoms with Crippen molar-refractivity contribution in [3.8, 4) is 5.75 Å². The third kappa shape index (κ3) is 7.32. The third-order valence-corrected chi connectivity index (χ3v) is 8.77. The Labute approximate surface area is 252 Å². The van der Waals surface area contributed by atoms with E-state index in [0.29, 0.717) is 48.6 Å². The van der Waals surface area contributed by atoms with Gasteiger partial charge in [0.1, 0.15) is 5.75 Å². The second kappa shape index (κ2) is 13.9. The molecule has 3 aromatic rings. The molecule has 8 heteroatoms. The summed E-state index contributed by atoms with van der Waals surface area (Å²) in [6.07, 6.45) is 4.61. The number of nitrogens with zero attached hydrogens (tertiary/aromatic N) is 2. The average molecular weight is 588 g/mol. The number of rotatable bonds is 8. The van der Waals surface area contributed by atoms with Crippen molar-refractivity contribution in [1.82, 2.24) is 15.1 Å². The Balaban J connectivity index is 1.14. The molecule has 1 saturated heterocycles. The first-order chi connectivity index (χ1) is 20.4. The van der Waals surface area contributed by atoms with E-state index in [0.717, 1.165) is 37.0 Å². The number of hydrogen-bond acceptors (Lipinski definition) is 4. The maximum atomic E-state index is 13.7. The summed E-state index contributed by atoms with van der Waals surface area (Å²) in [6.45, 7) is 1.67. The molecule has 220 valence electrons. The van der Waals surface area contributed by atoms with E-state index in [-0.39, 0.29) is 35.7 Å². The summed E-state index contributed by atoms with van der Waals surface area (Å²) < 4.78 is 5.27. The standard InChI is InChI=1S/C34H38ClN3O4/c1-42-31-17-9-27(10-18-31)34(41)38(23-24-5-3-2-4-6-24)30-15-13-29(14-16-30)36-32(39)25-19-21-37(22-20-25)33(40)26-7-11-28(35)12-8-26/h2-12,17-18,25,29-30H,13-16,19-23H2,1H3,(H,36,39). The van der Waals surface area contributed by atoms with E-state index in [2.05, 4.69) is 17.4 Å². The molecule has 3 aromatic carbocycles. The van der Waals surface area contributed by atoms with Gasteiger partial charge < -0.3 is 19.9 Å². The van der Waals surface area contributed by atoms with Crippen LogP contribution in [0.1, 0.15) is 64.8 Å². The Hall–Kier alpha value is -3.84. The minimum absolute atomic E-state index is 0.00824. The van der Waals surface area contributed by atoms with E-state index >= 15 is 0 Å². The molecule has 1 aliphatic carbocycles. The van der Waals surface area contributed by atoms with Gasteiger partial charge in [-0.1, -0.05) is 41.9 Å².